The van der Waals surface area contributed by atoms with Gasteiger partial charge in [-0.25, -0.2) is 0 Å². The second-order valence-corrected chi connectivity index (χ2v) is 10.2. The number of Topliss-reactive ketones (excluding diaryl/α,β-unsaturated/α-hetero) is 1. The van der Waals surface area contributed by atoms with Crippen molar-refractivity contribution in [3.05, 3.63) is 113 Å². The van der Waals surface area contributed by atoms with Crippen molar-refractivity contribution in [1.82, 2.24) is 0 Å². The molecule has 5 rings (SSSR count). The van der Waals surface area contributed by atoms with Gasteiger partial charge in [-0.1, -0.05) is 74.5 Å². The highest BCUT2D eigenvalue weighted by Gasteiger charge is 2.46. The molecule has 2 N–H and O–H groups in total. The van der Waals surface area contributed by atoms with Crippen LogP contribution in [0.15, 0.2) is 102 Å². The maximum absolute atomic E-state index is 13.9. The number of aliphatic hydroxyl groups excluding tert-OH is 1. The highest BCUT2D eigenvalue weighted by atomic mass is 16.5. The molecule has 0 spiro atoms. The van der Waals surface area contributed by atoms with Gasteiger partial charge in [0.25, 0.3) is 0 Å². The molecule has 0 aromatic heterocycles. The Bertz CT molecular complexity index is 1370. The lowest BCUT2D eigenvalue weighted by Gasteiger charge is -2.45. The SMILES string of the molecule is COc1ccc(C2C(=C(O)c3ccccc3)C(=N)N(c3ccccc3)C3=C2C(=O)CC(C)(C)C3)cc1. The van der Waals surface area contributed by atoms with Gasteiger partial charge in [-0.05, 0) is 41.7 Å². The molecule has 0 amide bonds. The minimum atomic E-state index is -0.567. The van der Waals surface area contributed by atoms with Crippen molar-refractivity contribution in [2.75, 3.05) is 12.0 Å². The number of carbonyl (C=O) groups is 1. The Balaban J connectivity index is 1.84. The summed E-state index contributed by atoms with van der Waals surface area (Å²) in [6.07, 6.45) is 1.06. The van der Waals surface area contributed by atoms with Crippen molar-refractivity contribution in [3.8, 4) is 5.75 Å². The van der Waals surface area contributed by atoms with Gasteiger partial charge in [0.2, 0.25) is 0 Å². The lowest BCUT2D eigenvalue weighted by molar-refractivity contribution is -0.118. The van der Waals surface area contributed by atoms with Gasteiger partial charge in [0.1, 0.15) is 17.3 Å². The first-order valence-corrected chi connectivity index (χ1v) is 12.1. The summed E-state index contributed by atoms with van der Waals surface area (Å²) >= 11 is 0. The molecule has 0 saturated carbocycles. The quantitative estimate of drug-likeness (QED) is 0.401. The first-order valence-electron chi connectivity index (χ1n) is 12.1. The molecule has 36 heavy (non-hydrogen) atoms. The zero-order valence-electron chi connectivity index (χ0n) is 20.8. The number of ketones is 1. The Labute approximate surface area is 211 Å². The number of methoxy groups -OCH3 is 1. The van der Waals surface area contributed by atoms with E-state index in [0.29, 0.717) is 35.3 Å². The molecule has 0 radical (unpaired) electrons. The van der Waals surface area contributed by atoms with E-state index in [1.165, 1.54) is 0 Å². The van der Waals surface area contributed by atoms with Crippen LogP contribution in [0.5, 0.6) is 5.75 Å². The van der Waals surface area contributed by atoms with Gasteiger partial charge >= 0.3 is 0 Å². The molecule has 1 aliphatic heterocycles. The van der Waals surface area contributed by atoms with Crippen molar-refractivity contribution in [3.63, 3.8) is 0 Å². The molecule has 5 heteroatoms. The number of allylic oxidation sites excluding steroid dienone is 2. The zero-order chi connectivity index (χ0) is 25.4. The molecule has 0 fully saturated rings. The number of nitrogens with zero attached hydrogens (tertiary/aromatic N) is 1. The maximum atomic E-state index is 13.9. The lowest BCUT2D eigenvalue weighted by Crippen LogP contribution is -2.45. The van der Waals surface area contributed by atoms with Crippen molar-refractivity contribution in [2.24, 2.45) is 5.41 Å². The van der Waals surface area contributed by atoms with Crippen LogP contribution in [0.1, 0.15) is 43.7 Å². The molecule has 1 aliphatic carbocycles. The first kappa shape index (κ1) is 23.6. The van der Waals surface area contributed by atoms with Gasteiger partial charge in [-0.15, -0.1) is 0 Å². The Kier molecular flexibility index (Phi) is 6.00. The van der Waals surface area contributed by atoms with Crippen LogP contribution < -0.4 is 9.64 Å². The monoisotopic (exact) mass is 478 g/mol. The summed E-state index contributed by atoms with van der Waals surface area (Å²) in [6.45, 7) is 4.19. The molecule has 2 aliphatic rings. The Morgan fingerprint density at radius 3 is 2.17 bits per heavy atom. The van der Waals surface area contributed by atoms with Crippen molar-refractivity contribution < 1.29 is 14.6 Å². The minimum absolute atomic E-state index is 0.00605. The summed E-state index contributed by atoms with van der Waals surface area (Å²) in [5.74, 6) is 0.369. The minimum Gasteiger partial charge on any atom is -0.507 e. The molecule has 3 aromatic rings. The van der Waals surface area contributed by atoms with E-state index in [9.17, 15) is 15.3 Å². The van der Waals surface area contributed by atoms with E-state index in [1.807, 2.05) is 89.8 Å². The van der Waals surface area contributed by atoms with Crippen molar-refractivity contribution in [2.45, 2.75) is 32.6 Å². The van der Waals surface area contributed by atoms with Crippen molar-refractivity contribution >= 4 is 23.1 Å². The fraction of sp³-hybridized carbons (Fsp3) is 0.226. The highest BCUT2D eigenvalue weighted by molar-refractivity contribution is 6.19. The van der Waals surface area contributed by atoms with E-state index in [4.69, 9.17) is 4.74 Å². The molecule has 0 bridgehead atoms. The molecule has 0 saturated heterocycles. The molecule has 182 valence electrons. The standard InChI is InChI=1S/C31H30N2O3/c1-31(2)18-24-27(25(34)19-31)26(20-14-16-23(36-3)17-15-20)28(29(35)21-10-6-4-7-11-21)30(32)33(24)22-12-8-5-9-13-22/h4-17,26,32,35H,18-19H2,1-3H3. The normalized spacial score (nSPS) is 20.8. The van der Waals surface area contributed by atoms with E-state index in [0.717, 1.165) is 16.9 Å². The number of anilines is 1. The Hall–Kier alpha value is -4.12. The molecule has 5 nitrogen and oxygen atoms in total. The molecular formula is C31H30N2O3. The summed E-state index contributed by atoms with van der Waals surface area (Å²) in [4.78, 5) is 15.7. The molecule has 1 unspecified atom stereocenters. The summed E-state index contributed by atoms with van der Waals surface area (Å²) in [5.41, 5.74) is 3.91. The number of aliphatic hydroxyl groups is 1. The average molecular weight is 479 g/mol. The summed E-state index contributed by atoms with van der Waals surface area (Å²) < 4.78 is 5.36. The van der Waals surface area contributed by atoms with Crippen LogP contribution in [0.3, 0.4) is 0 Å². The van der Waals surface area contributed by atoms with Gasteiger partial charge in [-0.2, -0.15) is 0 Å². The van der Waals surface area contributed by atoms with E-state index >= 15 is 0 Å². The maximum Gasteiger partial charge on any atom is 0.162 e. The van der Waals surface area contributed by atoms with Crippen molar-refractivity contribution in [1.29, 1.82) is 5.41 Å². The average Bonchev–Trinajstić information content (AvgIpc) is 2.88. The number of amidine groups is 1. The van der Waals surface area contributed by atoms with E-state index in [1.54, 1.807) is 7.11 Å². The molecule has 1 atom stereocenters. The fourth-order valence-electron chi connectivity index (χ4n) is 5.36. The second-order valence-electron chi connectivity index (χ2n) is 10.2. The lowest BCUT2D eigenvalue weighted by atomic mass is 9.67. The number of hydrogen-bond donors (Lipinski definition) is 2. The first-order chi connectivity index (χ1) is 17.3. The molecule has 1 heterocycles. The van der Waals surface area contributed by atoms with Gasteiger partial charge in [0, 0.05) is 40.4 Å². The van der Waals surface area contributed by atoms with Crippen LogP contribution >= 0.6 is 0 Å². The topological polar surface area (TPSA) is 73.6 Å². The number of carbonyl (C=O) groups excluding carboxylic acids is 1. The third-order valence-electron chi connectivity index (χ3n) is 6.99. The highest BCUT2D eigenvalue weighted by Crippen LogP contribution is 2.51. The van der Waals surface area contributed by atoms with Crippen LogP contribution in [0, 0.1) is 10.8 Å². The molecular weight excluding hydrogens is 448 g/mol. The predicted molar refractivity (Wildman–Crippen MR) is 143 cm³/mol. The van der Waals surface area contributed by atoms with Crippen LogP contribution in [-0.2, 0) is 4.79 Å². The summed E-state index contributed by atoms with van der Waals surface area (Å²) in [6, 6.07) is 26.5. The smallest absolute Gasteiger partial charge is 0.162 e. The number of ether oxygens (including phenoxy) is 1. The molecule has 3 aromatic carbocycles. The van der Waals surface area contributed by atoms with Gasteiger partial charge in [-0.3, -0.25) is 15.1 Å². The van der Waals surface area contributed by atoms with Crippen LogP contribution in [-0.4, -0.2) is 23.8 Å². The largest absolute Gasteiger partial charge is 0.507 e. The van der Waals surface area contributed by atoms with Gasteiger partial charge in [0.15, 0.2) is 5.78 Å². The number of rotatable bonds is 4. The van der Waals surface area contributed by atoms with Gasteiger partial charge in [0.05, 0.1) is 7.11 Å². The summed E-state index contributed by atoms with van der Waals surface area (Å²) in [7, 11) is 1.61. The fourth-order valence-corrected chi connectivity index (χ4v) is 5.36. The second kappa shape index (κ2) is 9.15. The van der Waals surface area contributed by atoms with Crippen LogP contribution in [0.25, 0.3) is 5.76 Å². The van der Waals surface area contributed by atoms with E-state index in [-0.39, 0.29) is 22.8 Å². The van der Waals surface area contributed by atoms with Gasteiger partial charge < -0.3 is 9.84 Å². The van der Waals surface area contributed by atoms with E-state index < -0.39 is 5.92 Å². The van der Waals surface area contributed by atoms with Crippen LogP contribution in [0.2, 0.25) is 0 Å². The number of nitrogens with one attached hydrogen (secondary N) is 1. The third-order valence-corrected chi connectivity index (χ3v) is 6.99. The predicted octanol–water partition coefficient (Wildman–Crippen LogP) is 6.89. The number of hydrogen-bond acceptors (Lipinski definition) is 4. The Morgan fingerprint density at radius 2 is 1.56 bits per heavy atom. The zero-order valence-corrected chi connectivity index (χ0v) is 20.8. The third kappa shape index (κ3) is 4.11. The number of para-hydroxylation sites is 1. The summed E-state index contributed by atoms with van der Waals surface area (Å²) in [5, 5.41) is 21.1. The number of benzene rings is 3. The van der Waals surface area contributed by atoms with E-state index in [2.05, 4.69) is 13.8 Å². The Morgan fingerprint density at radius 1 is 0.944 bits per heavy atom. The van der Waals surface area contributed by atoms with Crippen LogP contribution in [0.4, 0.5) is 5.69 Å².